The molecule has 0 bridgehead atoms. The first kappa shape index (κ1) is 14.9. The highest BCUT2D eigenvalue weighted by Gasteiger charge is 2.25. The molecule has 0 aromatic carbocycles. The highest BCUT2D eigenvalue weighted by atomic mass is 32.2. The molecule has 0 aliphatic carbocycles. The molecule has 0 radical (unpaired) electrons. The molecule has 10 heteroatoms. The van der Waals surface area contributed by atoms with Gasteiger partial charge >= 0.3 is 5.97 Å². The number of nitrogens with zero attached hydrogens (tertiary/aromatic N) is 4. The van der Waals surface area contributed by atoms with E-state index < -0.39 is 22.5 Å². The molecule has 2 rings (SSSR count). The maximum atomic E-state index is 12.4. The van der Waals surface area contributed by atoms with Gasteiger partial charge in [0.15, 0.2) is 0 Å². The summed E-state index contributed by atoms with van der Waals surface area (Å²) in [6.45, 7) is 2.59. The van der Waals surface area contributed by atoms with Crippen molar-refractivity contribution in [1.82, 2.24) is 19.7 Å². The molecule has 0 unspecified atom stereocenters. The molecule has 2 N–H and O–H groups in total. The van der Waals surface area contributed by atoms with Crippen molar-refractivity contribution in [3.63, 3.8) is 0 Å². The van der Waals surface area contributed by atoms with E-state index in [2.05, 4.69) is 19.8 Å². The molecule has 0 spiro atoms. The number of aromatic nitrogens is 4. The van der Waals surface area contributed by atoms with Crippen LogP contribution >= 0.6 is 0 Å². The van der Waals surface area contributed by atoms with Crippen LogP contribution in [0.4, 0.5) is 5.69 Å². The maximum absolute atomic E-state index is 12.4. The number of anilines is 1. The molecule has 0 saturated carbocycles. The Morgan fingerprint density at radius 2 is 1.95 bits per heavy atom. The Kier molecular flexibility index (Phi) is 3.89. The van der Waals surface area contributed by atoms with Crippen LogP contribution in [0.5, 0.6) is 0 Å². The molecular weight excluding hydrogens is 298 g/mol. The quantitative estimate of drug-likeness (QED) is 0.806. The number of rotatable bonds is 5. The van der Waals surface area contributed by atoms with E-state index in [-0.39, 0.29) is 22.0 Å². The van der Waals surface area contributed by atoms with E-state index in [1.54, 1.807) is 0 Å². The summed E-state index contributed by atoms with van der Waals surface area (Å²) in [4.78, 5) is 18.1. The second-order valence-electron chi connectivity index (χ2n) is 4.28. The van der Waals surface area contributed by atoms with Crippen molar-refractivity contribution >= 4 is 21.7 Å². The molecule has 2 heterocycles. The van der Waals surface area contributed by atoms with Crippen molar-refractivity contribution in [3.05, 3.63) is 30.1 Å². The van der Waals surface area contributed by atoms with Crippen LogP contribution in [0.25, 0.3) is 0 Å². The number of sulfonamides is 1. The summed E-state index contributed by atoms with van der Waals surface area (Å²) in [5.41, 5.74) is 0.680. The largest absolute Gasteiger partial charge is 0.480 e. The van der Waals surface area contributed by atoms with Crippen molar-refractivity contribution in [1.29, 1.82) is 0 Å². The maximum Gasteiger partial charge on any atom is 0.325 e. The molecule has 21 heavy (non-hydrogen) atoms. The van der Waals surface area contributed by atoms with Crippen LogP contribution in [0.2, 0.25) is 0 Å². The lowest BCUT2D eigenvalue weighted by molar-refractivity contribution is -0.137. The summed E-state index contributed by atoms with van der Waals surface area (Å²) in [6.07, 6.45) is 3.91. The highest BCUT2D eigenvalue weighted by Crippen LogP contribution is 2.22. The lowest BCUT2D eigenvalue weighted by Crippen LogP contribution is -2.16. The number of aliphatic carboxylic acids is 1. The van der Waals surface area contributed by atoms with Crippen LogP contribution < -0.4 is 4.72 Å². The van der Waals surface area contributed by atoms with Gasteiger partial charge in [0.1, 0.15) is 17.8 Å². The number of aryl methyl sites for hydroxylation is 1. The zero-order valence-electron chi connectivity index (χ0n) is 11.3. The number of carboxylic acids is 1. The Bertz CT molecular complexity index is 769. The average Bonchev–Trinajstić information content (AvgIpc) is 2.64. The molecule has 0 amide bonds. The minimum atomic E-state index is -3.90. The SMILES string of the molecule is Cc1nn(CC(=O)O)c(C)c1S(=O)(=O)Nc1cncnc1. The minimum absolute atomic E-state index is 0.0485. The zero-order chi connectivity index (χ0) is 15.6. The number of hydrogen-bond donors (Lipinski definition) is 2. The molecule has 0 saturated heterocycles. The van der Waals surface area contributed by atoms with E-state index in [4.69, 9.17) is 5.11 Å². The van der Waals surface area contributed by atoms with Gasteiger partial charge < -0.3 is 5.11 Å². The molecule has 0 aliphatic rings. The standard InChI is InChI=1S/C11H13N5O4S/c1-7-11(8(2)16(14-7)5-10(17)18)21(19,20)15-9-3-12-6-13-4-9/h3-4,6,15H,5H2,1-2H3,(H,17,18). The van der Waals surface area contributed by atoms with E-state index in [9.17, 15) is 13.2 Å². The van der Waals surface area contributed by atoms with Gasteiger partial charge in [0, 0.05) is 0 Å². The number of hydrogen-bond acceptors (Lipinski definition) is 6. The second kappa shape index (κ2) is 5.48. The van der Waals surface area contributed by atoms with Crippen molar-refractivity contribution < 1.29 is 18.3 Å². The fraction of sp³-hybridized carbons (Fsp3) is 0.273. The van der Waals surface area contributed by atoms with Crippen molar-refractivity contribution in [2.24, 2.45) is 0 Å². The monoisotopic (exact) mass is 311 g/mol. The molecule has 2 aromatic rings. The van der Waals surface area contributed by atoms with Gasteiger partial charge in [-0.05, 0) is 13.8 Å². The predicted molar refractivity (Wildman–Crippen MR) is 72.2 cm³/mol. The summed E-state index contributed by atoms with van der Waals surface area (Å²) < 4.78 is 28.2. The van der Waals surface area contributed by atoms with Gasteiger partial charge in [0.25, 0.3) is 10.0 Å². The van der Waals surface area contributed by atoms with Gasteiger partial charge in [-0.15, -0.1) is 0 Å². The third-order valence-corrected chi connectivity index (χ3v) is 4.31. The lowest BCUT2D eigenvalue weighted by Gasteiger charge is -2.07. The van der Waals surface area contributed by atoms with Gasteiger partial charge in [-0.25, -0.2) is 18.4 Å². The minimum Gasteiger partial charge on any atom is -0.480 e. The molecule has 112 valence electrons. The molecular formula is C11H13N5O4S. The van der Waals surface area contributed by atoms with E-state index in [1.165, 1.54) is 32.6 Å². The summed E-state index contributed by atoms with van der Waals surface area (Å²) in [7, 11) is -3.90. The first-order valence-electron chi connectivity index (χ1n) is 5.85. The van der Waals surface area contributed by atoms with E-state index in [0.29, 0.717) is 0 Å². The Hall–Kier alpha value is -2.49. The van der Waals surface area contributed by atoms with Crippen LogP contribution in [0.1, 0.15) is 11.4 Å². The Morgan fingerprint density at radius 3 is 2.52 bits per heavy atom. The van der Waals surface area contributed by atoms with Crippen LogP contribution in [0.15, 0.2) is 23.6 Å². The van der Waals surface area contributed by atoms with E-state index >= 15 is 0 Å². The van der Waals surface area contributed by atoms with Crippen LogP contribution in [0.3, 0.4) is 0 Å². The molecule has 9 nitrogen and oxygen atoms in total. The van der Waals surface area contributed by atoms with Gasteiger partial charge in [0.05, 0.1) is 29.5 Å². The molecule has 0 atom stereocenters. The Balaban J connectivity index is 2.41. The van der Waals surface area contributed by atoms with Crippen molar-refractivity contribution in [2.45, 2.75) is 25.3 Å². The van der Waals surface area contributed by atoms with Crippen molar-refractivity contribution in [2.75, 3.05) is 4.72 Å². The summed E-state index contributed by atoms with van der Waals surface area (Å²) >= 11 is 0. The first-order chi connectivity index (χ1) is 9.81. The first-order valence-corrected chi connectivity index (χ1v) is 7.33. The number of carbonyl (C=O) groups is 1. The van der Waals surface area contributed by atoms with Gasteiger partial charge in [-0.2, -0.15) is 5.10 Å². The zero-order valence-corrected chi connectivity index (χ0v) is 12.1. The predicted octanol–water partition coefficient (Wildman–Crippen LogP) is 0.175. The normalized spacial score (nSPS) is 11.3. The van der Waals surface area contributed by atoms with Gasteiger partial charge in [-0.1, -0.05) is 0 Å². The topological polar surface area (TPSA) is 127 Å². The van der Waals surface area contributed by atoms with E-state index in [1.807, 2.05) is 0 Å². The van der Waals surface area contributed by atoms with Crippen molar-refractivity contribution in [3.8, 4) is 0 Å². The van der Waals surface area contributed by atoms with Gasteiger partial charge in [-0.3, -0.25) is 14.2 Å². The Labute approximate surface area is 120 Å². The number of nitrogens with one attached hydrogen (secondary N) is 1. The van der Waals surface area contributed by atoms with Gasteiger partial charge in [0.2, 0.25) is 0 Å². The fourth-order valence-electron chi connectivity index (χ4n) is 1.91. The number of carboxylic acid groups (broad SMARTS) is 1. The lowest BCUT2D eigenvalue weighted by atomic mass is 10.4. The summed E-state index contributed by atoms with van der Waals surface area (Å²) in [5, 5.41) is 12.7. The van der Waals surface area contributed by atoms with Crippen LogP contribution in [0, 0.1) is 13.8 Å². The smallest absolute Gasteiger partial charge is 0.325 e. The van der Waals surface area contributed by atoms with Crippen LogP contribution in [-0.2, 0) is 21.4 Å². The summed E-state index contributed by atoms with van der Waals surface area (Å²) in [5.74, 6) is -1.10. The Morgan fingerprint density at radius 1 is 1.33 bits per heavy atom. The molecule has 2 aromatic heterocycles. The highest BCUT2D eigenvalue weighted by molar-refractivity contribution is 7.92. The molecule has 0 aliphatic heterocycles. The second-order valence-corrected chi connectivity index (χ2v) is 5.90. The average molecular weight is 311 g/mol. The molecule has 0 fully saturated rings. The van der Waals surface area contributed by atoms with E-state index in [0.717, 1.165) is 4.68 Å². The third-order valence-electron chi connectivity index (χ3n) is 2.68. The van der Waals surface area contributed by atoms with Crippen LogP contribution in [-0.4, -0.2) is 39.2 Å². The fourth-order valence-corrected chi connectivity index (χ4v) is 3.35. The third kappa shape index (κ3) is 3.16. The summed E-state index contributed by atoms with van der Waals surface area (Å²) in [6, 6.07) is 0.